The molecule has 1 saturated heterocycles. The van der Waals surface area contributed by atoms with Crippen LogP contribution in [-0.4, -0.2) is 28.1 Å². The van der Waals surface area contributed by atoms with E-state index in [1.807, 2.05) is 0 Å². The van der Waals surface area contributed by atoms with E-state index >= 15 is 0 Å². The molecule has 1 aromatic rings. The van der Waals surface area contributed by atoms with Crippen molar-refractivity contribution in [1.82, 2.24) is 4.90 Å². The van der Waals surface area contributed by atoms with E-state index in [0.717, 1.165) is 68.2 Å². The lowest BCUT2D eigenvalue weighted by Gasteiger charge is -2.57. The van der Waals surface area contributed by atoms with E-state index in [1.165, 1.54) is 50.5 Å². The molecule has 5 fully saturated rings. The lowest BCUT2D eigenvalue weighted by atomic mass is 9.49. The van der Waals surface area contributed by atoms with E-state index in [-0.39, 0.29) is 6.04 Å². The average Bonchev–Trinajstić information content (AvgIpc) is 3.16. The van der Waals surface area contributed by atoms with Gasteiger partial charge in [-0.1, -0.05) is 37.3 Å². The summed E-state index contributed by atoms with van der Waals surface area (Å²) in [6.07, 6.45) is 14.3. The minimum atomic E-state index is -0.425. The fourth-order valence-electron chi connectivity index (χ4n) is 9.90. The van der Waals surface area contributed by atoms with Crippen molar-refractivity contribution in [3.8, 4) is 0 Å². The van der Waals surface area contributed by atoms with Gasteiger partial charge in [0.1, 0.15) is 0 Å². The van der Waals surface area contributed by atoms with Crippen molar-refractivity contribution in [3.63, 3.8) is 0 Å². The second kappa shape index (κ2) is 8.64. The standard InChI is InChI=1S/C31H45NO2/c1-30(34)17-15-24-22(19-30)11-13-26-25(24)16-18-31(2)23(12-14-27(26)31)20-32-28(9-6-10-29(32)33)21-7-4-3-5-8-21/h3-5,7-8,22-28,34H,6,9-20H2,1-2H3/t22-,23-,24+,25-,26-,27+,28-,30-,31-/m1/s1. The summed E-state index contributed by atoms with van der Waals surface area (Å²) >= 11 is 0. The highest BCUT2D eigenvalue weighted by Gasteiger charge is 2.57. The minimum absolute atomic E-state index is 0.270. The van der Waals surface area contributed by atoms with Crippen LogP contribution in [0, 0.1) is 40.9 Å². The Morgan fingerprint density at radius 2 is 1.71 bits per heavy atom. The third kappa shape index (κ3) is 3.85. The number of carbonyl (C=O) groups is 1. The number of hydrogen-bond donors (Lipinski definition) is 1. The lowest BCUT2D eigenvalue weighted by molar-refractivity contribution is -0.139. The second-order valence-corrected chi connectivity index (χ2v) is 13.4. The number of likely N-dealkylation sites (tertiary alicyclic amines) is 1. The highest BCUT2D eigenvalue weighted by atomic mass is 16.3. The summed E-state index contributed by atoms with van der Waals surface area (Å²) in [5.41, 5.74) is 1.30. The normalized spacial score (nSPS) is 46.5. The molecule has 0 spiro atoms. The highest BCUT2D eigenvalue weighted by Crippen LogP contribution is 2.64. The molecule has 6 rings (SSSR count). The molecule has 4 saturated carbocycles. The maximum absolute atomic E-state index is 13.2. The number of piperidine rings is 1. The van der Waals surface area contributed by atoms with E-state index in [4.69, 9.17) is 0 Å². The number of rotatable bonds is 3. The number of amides is 1. The quantitative estimate of drug-likeness (QED) is 0.538. The van der Waals surface area contributed by atoms with Crippen LogP contribution in [0.4, 0.5) is 0 Å². The molecule has 3 heteroatoms. The zero-order valence-electron chi connectivity index (χ0n) is 21.4. The van der Waals surface area contributed by atoms with Gasteiger partial charge in [-0.25, -0.2) is 0 Å². The molecule has 34 heavy (non-hydrogen) atoms. The molecule has 4 aliphatic carbocycles. The van der Waals surface area contributed by atoms with Crippen molar-refractivity contribution in [3.05, 3.63) is 35.9 Å². The van der Waals surface area contributed by atoms with Gasteiger partial charge < -0.3 is 10.0 Å². The second-order valence-electron chi connectivity index (χ2n) is 13.4. The van der Waals surface area contributed by atoms with Crippen LogP contribution in [0.3, 0.4) is 0 Å². The predicted octanol–water partition coefficient (Wildman–Crippen LogP) is 6.76. The van der Waals surface area contributed by atoms with Crippen LogP contribution in [0.15, 0.2) is 30.3 Å². The molecule has 1 N–H and O–H groups in total. The van der Waals surface area contributed by atoms with Gasteiger partial charge in [0.25, 0.3) is 0 Å². The smallest absolute Gasteiger partial charge is 0.223 e. The Bertz CT molecular complexity index is 896. The van der Waals surface area contributed by atoms with Crippen LogP contribution in [-0.2, 0) is 4.79 Å². The minimum Gasteiger partial charge on any atom is -0.390 e. The number of aliphatic hydroxyl groups is 1. The monoisotopic (exact) mass is 463 g/mol. The summed E-state index contributed by atoms with van der Waals surface area (Å²) in [6, 6.07) is 11.1. The SMILES string of the molecule is C[C@@]1(O)CC[C@H]2[C@H](CC[C@@H]3[C@@H]2CC[C@]2(C)[C@@H](CN4C(=O)CCC[C@@H]4c4ccccc4)CC[C@@H]32)C1. The van der Waals surface area contributed by atoms with Gasteiger partial charge in [0.15, 0.2) is 0 Å². The number of nitrogens with zero attached hydrogens (tertiary/aromatic N) is 1. The molecule has 0 radical (unpaired) electrons. The van der Waals surface area contributed by atoms with E-state index in [9.17, 15) is 9.90 Å². The summed E-state index contributed by atoms with van der Waals surface area (Å²) in [5, 5.41) is 10.7. The van der Waals surface area contributed by atoms with Gasteiger partial charge in [-0.2, -0.15) is 0 Å². The summed E-state index contributed by atoms with van der Waals surface area (Å²) in [5.74, 6) is 5.26. The molecule has 1 aliphatic heterocycles. The van der Waals surface area contributed by atoms with Gasteiger partial charge in [0, 0.05) is 13.0 Å². The summed E-state index contributed by atoms with van der Waals surface area (Å²) in [6.45, 7) is 5.65. The summed E-state index contributed by atoms with van der Waals surface area (Å²) in [7, 11) is 0. The highest BCUT2D eigenvalue weighted by molar-refractivity contribution is 5.77. The Labute approximate surface area is 206 Å². The third-order valence-corrected chi connectivity index (χ3v) is 11.6. The van der Waals surface area contributed by atoms with Gasteiger partial charge in [-0.05, 0) is 124 Å². The Balaban J connectivity index is 1.19. The van der Waals surface area contributed by atoms with Crippen molar-refractivity contribution in [2.45, 2.75) is 103 Å². The van der Waals surface area contributed by atoms with Crippen LogP contribution < -0.4 is 0 Å². The van der Waals surface area contributed by atoms with Crippen molar-refractivity contribution in [1.29, 1.82) is 0 Å². The summed E-state index contributed by atoms with van der Waals surface area (Å²) in [4.78, 5) is 15.5. The Kier molecular flexibility index (Phi) is 5.87. The van der Waals surface area contributed by atoms with Gasteiger partial charge in [-0.3, -0.25) is 4.79 Å². The maximum Gasteiger partial charge on any atom is 0.223 e. The first kappa shape index (κ1) is 23.1. The molecule has 0 unspecified atom stereocenters. The molecule has 5 aliphatic rings. The van der Waals surface area contributed by atoms with Crippen molar-refractivity contribution in [2.75, 3.05) is 6.54 Å². The average molecular weight is 464 g/mol. The predicted molar refractivity (Wildman–Crippen MR) is 136 cm³/mol. The van der Waals surface area contributed by atoms with E-state index < -0.39 is 5.60 Å². The first-order valence-electron chi connectivity index (χ1n) is 14.4. The first-order chi connectivity index (χ1) is 16.4. The molecule has 1 aromatic carbocycles. The van der Waals surface area contributed by atoms with Crippen LogP contribution in [0.5, 0.6) is 0 Å². The molecule has 0 bridgehead atoms. The topological polar surface area (TPSA) is 40.5 Å². The fourth-order valence-corrected chi connectivity index (χ4v) is 9.90. The number of carbonyl (C=O) groups excluding carboxylic acids is 1. The lowest BCUT2D eigenvalue weighted by Crippen LogP contribution is -2.51. The van der Waals surface area contributed by atoms with Crippen molar-refractivity contribution >= 4 is 5.91 Å². The Morgan fingerprint density at radius 3 is 2.53 bits per heavy atom. The van der Waals surface area contributed by atoms with Crippen molar-refractivity contribution < 1.29 is 9.90 Å². The molecule has 9 atom stereocenters. The van der Waals surface area contributed by atoms with Gasteiger partial charge in [0.2, 0.25) is 5.91 Å². The molecule has 186 valence electrons. The van der Waals surface area contributed by atoms with Crippen molar-refractivity contribution in [2.24, 2.45) is 40.9 Å². The molecule has 1 heterocycles. The number of hydrogen-bond acceptors (Lipinski definition) is 2. The van der Waals surface area contributed by atoms with E-state index in [1.54, 1.807) is 0 Å². The molecule has 1 amide bonds. The zero-order chi connectivity index (χ0) is 23.5. The molecule has 3 nitrogen and oxygen atoms in total. The van der Waals surface area contributed by atoms with Crippen LogP contribution in [0.1, 0.15) is 103 Å². The summed E-state index contributed by atoms with van der Waals surface area (Å²) < 4.78 is 0. The Morgan fingerprint density at radius 1 is 0.912 bits per heavy atom. The van der Waals surface area contributed by atoms with Gasteiger partial charge in [-0.15, -0.1) is 0 Å². The fraction of sp³-hybridized carbons (Fsp3) is 0.774. The number of fused-ring (bicyclic) bond motifs is 5. The Hall–Kier alpha value is -1.35. The maximum atomic E-state index is 13.2. The van der Waals surface area contributed by atoms with Gasteiger partial charge in [0.05, 0.1) is 11.6 Å². The van der Waals surface area contributed by atoms with E-state index in [0.29, 0.717) is 17.2 Å². The van der Waals surface area contributed by atoms with Crippen LogP contribution in [0.25, 0.3) is 0 Å². The van der Waals surface area contributed by atoms with Gasteiger partial charge >= 0.3 is 0 Å². The molecular weight excluding hydrogens is 418 g/mol. The third-order valence-electron chi connectivity index (χ3n) is 11.6. The van der Waals surface area contributed by atoms with Crippen LogP contribution >= 0.6 is 0 Å². The largest absolute Gasteiger partial charge is 0.390 e. The van der Waals surface area contributed by atoms with E-state index in [2.05, 4.69) is 49.1 Å². The molecule has 0 aromatic heterocycles. The zero-order valence-corrected chi connectivity index (χ0v) is 21.4. The first-order valence-corrected chi connectivity index (χ1v) is 14.4. The van der Waals surface area contributed by atoms with Crippen LogP contribution in [0.2, 0.25) is 0 Å². The molecular formula is C31H45NO2. The number of benzene rings is 1.